The Balaban J connectivity index is 1.72. The zero-order valence-corrected chi connectivity index (χ0v) is 8.59. The molecule has 0 bridgehead atoms. The Labute approximate surface area is 80.8 Å². The molecule has 0 atom stereocenters. The molecule has 2 aliphatic rings. The monoisotopic (exact) mass is 183 g/mol. The van der Waals surface area contributed by atoms with Crippen LogP contribution in [-0.2, 0) is 4.74 Å². The molecule has 0 aromatic heterocycles. The molecule has 2 nitrogen and oxygen atoms in total. The third kappa shape index (κ3) is 2.44. The van der Waals surface area contributed by atoms with Gasteiger partial charge >= 0.3 is 0 Å². The Hall–Kier alpha value is -0.0800. The number of ether oxygens (including phenoxy) is 1. The highest BCUT2D eigenvalue weighted by atomic mass is 16.5. The summed E-state index contributed by atoms with van der Waals surface area (Å²) in [7, 11) is 1.83. The van der Waals surface area contributed by atoms with Gasteiger partial charge in [0.25, 0.3) is 0 Å². The van der Waals surface area contributed by atoms with Crippen molar-refractivity contribution in [2.45, 2.75) is 56.6 Å². The third-order valence-electron chi connectivity index (χ3n) is 3.71. The van der Waals surface area contributed by atoms with Gasteiger partial charge in [-0.2, -0.15) is 0 Å². The minimum absolute atomic E-state index is 0.255. The van der Waals surface area contributed by atoms with Crippen LogP contribution in [0.5, 0.6) is 0 Å². The molecule has 0 spiro atoms. The lowest BCUT2D eigenvalue weighted by Gasteiger charge is -2.29. The largest absolute Gasteiger partial charge is 0.381 e. The fourth-order valence-electron chi connectivity index (χ4n) is 2.51. The van der Waals surface area contributed by atoms with Crippen molar-refractivity contribution in [1.82, 2.24) is 0 Å². The minimum Gasteiger partial charge on any atom is -0.381 e. The van der Waals surface area contributed by atoms with Crippen LogP contribution >= 0.6 is 0 Å². The maximum Gasteiger partial charge on any atom is 0.0571 e. The lowest BCUT2D eigenvalue weighted by Crippen LogP contribution is -2.29. The molecule has 13 heavy (non-hydrogen) atoms. The molecule has 2 saturated carbocycles. The normalized spacial score (nSPS) is 37.4. The molecule has 2 heteroatoms. The van der Waals surface area contributed by atoms with Crippen molar-refractivity contribution in [2.24, 2.45) is 11.7 Å². The molecule has 0 amide bonds. The first kappa shape index (κ1) is 9.47. The van der Waals surface area contributed by atoms with E-state index in [4.69, 9.17) is 10.5 Å². The first-order chi connectivity index (χ1) is 6.22. The smallest absolute Gasteiger partial charge is 0.0571 e. The Morgan fingerprint density at radius 1 is 1.23 bits per heavy atom. The zero-order chi connectivity index (χ0) is 9.31. The van der Waals surface area contributed by atoms with E-state index in [2.05, 4.69) is 0 Å². The summed E-state index contributed by atoms with van der Waals surface area (Å²) in [5, 5.41) is 0. The Bertz CT molecular complexity index is 169. The predicted molar refractivity (Wildman–Crippen MR) is 53.5 cm³/mol. The van der Waals surface area contributed by atoms with Crippen LogP contribution in [0.2, 0.25) is 0 Å². The fraction of sp³-hybridized carbons (Fsp3) is 1.00. The van der Waals surface area contributed by atoms with Gasteiger partial charge in [-0.3, -0.25) is 0 Å². The van der Waals surface area contributed by atoms with Gasteiger partial charge in [0, 0.05) is 12.6 Å². The van der Waals surface area contributed by atoms with Crippen LogP contribution in [0, 0.1) is 5.92 Å². The van der Waals surface area contributed by atoms with E-state index in [1.807, 2.05) is 7.11 Å². The van der Waals surface area contributed by atoms with Crippen LogP contribution in [0.15, 0.2) is 0 Å². The molecule has 0 aromatic rings. The van der Waals surface area contributed by atoms with Crippen molar-refractivity contribution in [2.75, 3.05) is 7.11 Å². The van der Waals surface area contributed by atoms with Gasteiger partial charge in [-0.25, -0.2) is 0 Å². The lowest BCUT2D eigenvalue weighted by atomic mass is 9.83. The van der Waals surface area contributed by atoms with Gasteiger partial charge in [-0.1, -0.05) is 0 Å². The number of hydrogen-bond acceptors (Lipinski definition) is 2. The molecule has 2 rings (SSSR count). The first-order valence-electron chi connectivity index (χ1n) is 5.53. The number of hydrogen-bond donors (Lipinski definition) is 1. The average Bonchev–Trinajstić information content (AvgIpc) is 2.85. The summed E-state index contributed by atoms with van der Waals surface area (Å²) >= 11 is 0. The molecule has 0 saturated heterocycles. The van der Waals surface area contributed by atoms with E-state index in [1.165, 1.54) is 44.9 Å². The molecular formula is C11H21NO. The Morgan fingerprint density at radius 2 is 1.85 bits per heavy atom. The van der Waals surface area contributed by atoms with Crippen molar-refractivity contribution in [3.63, 3.8) is 0 Å². The van der Waals surface area contributed by atoms with Crippen LogP contribution < -0.4 is 5.73 Å². The van der Waals surface area contributed by atoms with Gasteiger partial charge < -0.3 is 10.5 Å². The molecule has 0 radical (unpaired) electrons. The van der Waals surface area contributed by atoms with Crippen LogP contribution in [0.3, 0.4) is 0 Å². The van der Waals surface area contributed by atoms with Crippen molar-refractivity contribution < 1.29 is 4.74 Å². The van der Waals surface area contributed by atoms with Crippen LogP contribution in [0.25, 0.3) is 0 Å². The molecule has 0 heterocycles. The quantitative estimate of drug-likeness (QED) is 0.727. The minimum atomic E-state index is 0.255. The van der Waals surface area contributed by atoms with Gasteiger partial charge in [0.05, 0.1) is 6.10 Å². The molecular weight excluding hydrogens is 162 g/mol. The van der Waals surface area contributed by atoms with Crippen molar-refractivity contribution >= 4 is 0 Å². The highest BCUT2D eigenvalue weighted by molar-refractivity contribution is 5.00. The molecule has 2 N–H and O–H groups in total. The molecule has 0 aliphatic heterocycles. The fourth-order valence-corrected chi connectivity index (χ4v) is 2.51. The standard InChI is InChI=1S/C11H21NO/c1-13-10-4-2-9(3-5-10)8-11(12)6-7-11/h9-10H,2-8,12H2,1H3. The first-order valence-corrected chi connectivity index (χ1v) is 5.53. The van der Waals surface area contributed by atoms with Crippen molar-refractivity contribution in [3.05, 3.63) is 0 Å². The van der Waals surface area contributed by atoms with Gasteiger partial charge in [0.1, 0.15) is 0 Å². The second-order valence-corrected chi connectivity index (χ2v) is 4.94. The summed E-state index contributed by atoms with van der Waals surface area (Å²) < 4.78 is 5.35. The zero-order valence-electron chi connectivity index (χ0n) is 8.59. The maximum absolute atomic E-state index is 6.11. The summed E-state index contributed by atoms with van der Waals surface area (Å²) in [5.74, 6) is 0.888. The van der Waals surface area contributed by atoms with Gasteiger partial charge in [-0.05, 0) is 50.9 Å². The van der Waals surface area contributed by atoms with E-state index in [9.17, 15) is 0 Å². The SMILES string of the molecule is COC1CCC(CC2(N)CC2)CC1. The maximum atomic E-state index is 6.11. The molecule has 76 valence electrons. The van der Waals surface area contributed by atoms with E-state index in [0.29, 0.717) is 6.10 Å². The van der Waals surface area contributed by atoms with Gasteiger partial charge in [0.15, 0.2) is 0 Å². The van der Waals surface area contributed by atoms with E-state index < -0.39 is 0 Å². The van der Waals surface area contributed by atoms with Crippen LogP contribution in [0.4, 0.5) is 0 Å². The number of methoxy groups -OCH3 is 1. The van der Waals surface area contributed by atoms with Crippen LogP contribution in [-0.4, -0.2) is 18.8 Å². The van der Waals surface area contributed by atoms with E-state index >= 15 is 0 Å². The van der Waals surface area contributed by atoms with E-state index in [-0.39, 0.29) is 5.54 Å². The Kier molecular flexibility index (Phi) is 2.61. The van der Waals surface area contributed by atoms with Crippen molar-refractivity contribution in [3.8, 4) is 0 Å². The number of nitrogens with two attached hydrogens (primary N) is 1. The van der Waals surface area contributed by atoms with Gasteiger partial charge in [0.2, 0.25) is 0 Å². The molecule has 0 unspecified atom stereocenters. The van der Waals surface area contributed by atoms with E-state index in [0.717, 1.165) is 5.92 Å². The predicted octanol–water partition coefficient (Wildman–Crippen LogP) is 2.07. The second-order valence-electron chi connectivity index (χ2n) is 4.94. The van der Waals surface area contributed by atoms with Gasteiger partial charge in [-0.15, -0.1) is 0 Å². The molecule has 0 aromatic carbocycles. The summed E-state index contributed by atoms with van der Waals surface area (Å²) in [6, 6.07) is 0. The summed E-state index contributed by atoms with van der Waals surface area (Å²) in [5.41, 5.74) is 6.37. The third-order valence-corrected chi connectivity index (χ3v) is 3.71. The Morgan fingerprint density at radius 3 is 2.31 bits per heavy atom. The van der Waals surface area contributed by atoms with Crippen LogP contribution in [0.1, 0.15) is 44.9 Å². The summed E-state index contributed by atoms with van der Waals surface area (Å²) in [4.78, 5) is 0. The lowest BCUT2D eigenvalue weighted by molar-refractivity contribution is 0.0540. The summed E-state index contributed by atoms with van der Waals surface area (Å²) in [6.07, 6.45) is 9.48. The molecule has 2 fully saturated rings. The highest BCUT2D eigenvalue weighted by Gasteiger charge is 2.40. The average molecular weight is 183 g/mol. The van der Waals surface area contributed by atoms with Crippen molar-refractivity contribution in [1.29, 1.82) is 0 Å². The molecule has 2 aliphatic carbocycles. The second kappa shape index (κ2) is 3.58. The highest BCUT2D eigenvalue weighted by Crippen LogP contribution is 2.42. The topological polar surface area (TPSA) is 35.2 Å². The van der Waals surface area contributed by atoms with E-state index in [1.54, 1.807) is 0 Å². The number of rotatable bonds is 3. The summed E-state index contributed by atoms with van der Waals surface area (Å²) in [6.45, 7) is 0.